The molecule has 0 atom stereocenters. The molecule has 2 aromatic rings. The number of esters is 1. The number of aromatic nitrogens is 1. The van der Waals surface area contributed by atoms with E-state index in [9.17, 15) is 19.2 Å². The molecule has 10 nitrogen and oxygen atoms in total. The summed E-state index contributed by atoms with van der Waals surface area (Å²) >= 11 is 0. The van der Waals surface area contributed by atoms with Crippen LogP contribution in [0.25, 0.3) is 0 Å². The van der Waals surface area contributed by atoms with Crippen LogP contribution in [0.1, 0.15) is 55.7 Å². The number of carbonyl (C=O) groups excluding carboxylic acids is 4. The van der Waals surface area contributed by atoms with Crippen molar-refractivity contribution in [1.29, 1.82) is 0 Å². The summed E-state index contributed by atoms with van der Waals surface area (Å²) in [4.78, 5) is 50.1. The first-order valence-electron chi connectivity index (χ1n) is 11.9. The molecule has 2 heterocycles. The molecule has 2 N–H and O–H groups in total. The van der Waals surface area contributed by atoms with Crippen molar-refractivity contribution in [3.05, 3.63) is 53.9 Å². The highest BCUT2D eigenvalue weighted by atomic mass is 16.6. The van der Waals surface area contributed by atoms with Crippen molar-refractivity contribution in [2.24, 2.45) is 0 Å². The Kier molecular flexibility index (Phi) is 8.73. The van der Waals surface area contributed by atoms with Crippen molar-refractivity contribution in [3.8, 4) is 0 Å². The molecule has 3 amide bonds. The Bertz CT molecular complexity index is 1080. The molecule has 1 saturated heterocycles. The smallest absolute Gasteiger partial charge is 0.410 e. The van der Waals surface area contributed by atoms with Gasteiger partial charge in [0.25, 0.3) is 5.91 Å². The van der Waals surface area contributed by atoms with Crippen LogP contribution in [0.5, 0.6) is 0 Å². The predicted octanol–water partition coefficient (Wildman–Crippen LogP) is 3.14. The fourth-order valence-corrected chi connectivity index (χ4v) is 3.95. The SMILES string of the molecule is COC(=O)CNC(=O)Cc1ccc(NC(=O)c2cccn2C2CCN(C(=O)OC(C)(C)C)CC2)cc1. The van der Waals surface area contributed by atoms with Gasteiger partial charge in [-0.05, 0) is 63.4 Å². The molecule has 0 unspecified atom stereocenters. The first kappa shape index (κ1) is 26.8. The van der Waals surface area contributed by atoms with Gasteiger partial charge in [0.2, 0.25) is 5.91 Å². The molecule has 194 valence electrons. The highest BCUT2D eigenvalue weighted by Gasteiger charge is 2.28. The second-order valence-electron chi connectivity index (χ2n) is 9.68. The number of methoxy groups -OCH3 is 1. The Hall–Kier alpha value is -3.82. The maximum atomic E-state index is 13.0. The van der Waals surface area contributed by atoms with Crippen molar-refractivity contribution in [3.63, 3.8) is 0 Å². The maximum absolute atomic E-state index is 13.0. The monoisotopic (exact) mass is 498 g/mol. The minimum atomic E-state index is -0.533. The van der Waals surface area contributed by atoms with Gasteiger partial charge in [0, 0.05) is 31.0 Å². The lowest BCUT2D eigenvalue weighted by molar-refractivity contribution is -0.141. The molecule has 10 heteroatoms. The quantitative estimate of drug-likeness (QED) is 0.566. The van der Waals surface area contributed by atoms with Gasteiger partial charge in [-0.3, -0.25) is 14.4 Å². The first-order valence-corrected chi connectivity index (χ1v) is 11.9. The summed E-state index contributed by atoms with van der Waals surface area (Å²) in [6.07, 6.45) is 3.13. The van der Waals surface area contributed by atoms with Gasteiger partial charge in [-0.15, -0.1) is 0 Å². The third-order valence-electron chi connectivity index (χ3n) is 5.76. The van der Waals surface area contributed by atoms with Crippen LogP contribution in [0, 0.1) is 0 Å². The van der Waals surface area contributed by atoms with Gasteiger partial charge >= 0.3 is 12.1 Å². The van der Waals surface area contributed by atoms with Crippen LogP contribution in [0.3, 0.4) is 0 Å². The fraction of sp³-hybridized carbons (Fsp3) is 0.462. The van der Waals surface area contributed by atoms with E-state index >= 15 is 0 Å². The number of piperidine rings is 1. The molecule has 1 fully saturated rings. The highest BCUT2D eigenvalue weighted by Crippen LogP contribution is 2.26. The van der Waals surface area contributed by atoms with Crippen LogP contribution < -0.4 is 10.6 Å². The Balaban J connectivity index is 1.54. The van der Waals surface area contributed by atoms with Crippen LogP contribution in [0.15, 0.2) is 42.6 Å². The zero-order chi connectivity index (χ0) is 26.3. The average Bonchev–Trinajstić information content (AvgIpc) is 3.33. The molecular weight excluding hydrogens is 464 g/mol. The fourth-order valence-electron chi connectivity index (χ4n) is 3.95. The minimum Gasteiger partial charge on any atom is -0.468 e. The molecule has 36 heavy (non-hydrogen) atoms. The number of hydrogen-bond donors (Lipinski definition) is 2. The Labute approximate surface area is 210 Å². The molecular formula is C26H34N4O6. The minimum absolute atomic E-state index is 0.102. The van der Waals surface area contributed by atoms with Gasteiger partial charge in [-0.1, -0.05) is 12.1 Å². The van der Waals surface area contributed by atoms with Gasteiger partial charge in [0.1, 0.15) is 17.8 Å². The van der Waals surface area contributed by atoms with Crippen molar-refractivity contribution in [2.75, 3.05) is 32.1 Å². The Morgan fingerprint density at radius 1 is 1.03 bits per heavy atom. The Morgan fingerprint density at radius 3 is 2.31 bits per heavy atom. The number of nitrogens with one attached hydrogen (secondary N) is 2. The van der Waals surface area contributed by atoms with Crippen molar-refractivity contribution < 1.29 is 28.7 Å². The maximum Gasteiger partial charge on any atom is 0.410 e. The van der Waals surface area contributed by atoms with Crippen LogP contribution in [-0.4, -0.2) is 65.7 Å². The van der Waals surface area contributed by atoms with E-state index in [1.165, 1.54) is 7.11 Å². The lowest BCUT2D eigenvalue weighted by Gasteiger charge is -2.34. The lowest BCUT2D eigenvalue weighted by atomic mass is 10.0. The largest absolute Gasteiger partial charge is 0.468 e. The third-order valence-corrected chi connectivity index (χ3v) is 5.76. The van der Waals surface area contributed by atoms with E-state index < -0.39 is 11.6 Å². The van der Waals surface area contributed by atoms with Gasteiger partial charge < -0.3 is 29.6 Å². The van der Waals surface area contributed by atoms with Crippen molar-refractivity contribution >= 4 is 29.6 Å². The van der Waals surface area contributed by atoms with E-state index in [0.717, 1.165) is 18.4 Å². The summed E-state index contributed by atoms with van der Waals surface area (Å²) < 4.78 is 11.9. The molecule has 0 spiro atoms. The summed E-state index contributed by atoms with van der Waals surface area (Å²) in [6, 6.07) is 10.7. The number of anilines is 1. The summed E-state index contributed by atoms with van der Waals surface area (Å²) in [5.41, 5.74) is 1.35. The highest BCUT2D eigenvalue weighted by molar-refractivity contribution is 6.03. The normalized spacial score (nSPS) is 14.2. The van der Waals surface area contributed by atoms with E-state index in [0.29, 0.717) is 24.5 Å². The molecule has 1 aliphatic rings. The number of nitrogens with zero attached hydrogens (tertiary/aromatic N) is 2. The predicted molar refractivity (Wildman–Crippen MR) is 134 cm³/mol. The number of amides is 3. The van der Waals surface area contributed by atoms with Crippen LogP contribution in [-0.2, 0) is 25.5 Å². The van der Waals surface area contributed by atoms with E-state index in [2.05, 4.69) is 15.4 Å². The lowest BCUT2D eigenvalue weighted by Crippen LogP contribution is -2.42. The molecule has 1 aliphatic heterocycles. The summed E-state index contributed by atoms with van der Waals surface area (Å²) in [5, 5.41) is 5.39. The zero-order valence-electron chi connectivity index (χ0n) is 21.2. The molecule has 0 saturated carbocycles. The summed E-state index contributed by atoms with van der Waals surface area (Å²) in [5.74, 6) is -1.05. The second kappa shape index (κ2) is 11.7. The number of benzene rings is 1. The number of likely N-dealkylation sites (tertiary alicyclic amines) is 1. The number of hydrogen-bond acceptors (Lipinski definition) is 6. The van der Waals surface area contributed by atoms with Crippen LogP contribution in [0.2, 0.25) is 0 Å². The molecule has 0 radical (unpaired) electrons. The Morgan fingerprint density at radius 2 is 1.69 bits per heavy atom. The second-order valence-corrected chi connectivity index (χ2v) is 9.68. The average molecular weight is 499 g/mol. The van der Waals surface area contributed by atoms with E-state index in [1.54, 1.807) is 35.2 Å². The molecule has 1 aromatic heterocycles. The molecule has 3 rings (SSSR count). The summed E-state index contributed by atoms with van der Waals surface area (Å²) in [6.45, 7) is 6.49. The topological polar surface area (TPSA) is 119 Å². The number of carbonyl (C=O) groups is 4. The van der Waals surface area contributed by atoms with Gasteiger partial charge in [-0.2, -0.15) is 0 Å². The van der Waals surface area contributed by atoms with Gasteiger partial charge in [0.15, 0.2) is 0 Å². The number of ether oxygens (including phenoxy) is 2. The first-order chi connectivity index (χ1) is 17.1. The van der Waals surface area contributed by atoms with E-state index in [-0.39, 0.29) is 36.9 Å². The summed E-state index contributed by atoms with van der Waals surface area (Å²) in [7, 11) is 1.26. The third kappa shape index (κ3) is 7.59. The van der Waals surface area contributed by atoms with E-state index in [4.69, 9.17) is 4.74 Å². The standard InChI is InChI=1S/C26H34N4O6/c1-26(2,3)36-25(34)29-14-11-20(12-15-29)30-13-5-6-21(30)24(33)28-19-9-7-18(8-10-19)16-22(31)27-17-23(32)35-4/h5-10,13,20H,11-12,14-17H2,1-4H3,(H,27,31)(H,28,33). The van der Waals surface area contributed by atoms with Crippen molar-refractivity contribution in [2.45, 2.75) is 51.7 Å². The zero-order valence-corrected chi connectivity index (χ0v) is 21.2. The molecule has 1 aromatic carbocycles. The van der Waals surface area contributed by atoms with Gasteiger partial charge in [0.05, 0.1) is 13.5 Å². The van der Waals surface area contributed by atoms with Gasteiger partial charge in [-0.25, -0.2) is 4.79 Å². The molecule has 0 bridgehead atoms. The van der Waals surface area contributed by atoms with Crippen LogP contribution in [0.4, 0.5) is 10.5 Å². The van der Waals surface area contributed by atoms with Crippen LogP contribution >= 0.6 is 0 Å². The van der Waals surface area contributed by atoms with Crippen molar-refractivity contribution in [1.82, 2.24) is 14.8 Å². The number of rotatable bonds is 7. The van der Waals surface area contributed by atoms with E-state index in [1.807, 2.05) is 37.6 Å². The molecule has 0 aliphatic carbocycles.